The van der Waals surface area contributed by atoms with Crippen LogP contribution in [0.5, 0.6) is 11.5 Å². The van der Waals surface area contributed by atoms with Gasteiger partial charge in [-0.2, -0.15) is 0 Å². The summed E-state index contributed by atoms with van der Waals surface area (Å²) in [6.07, 6.45) is -2.31. The Morgan fingerprint density at radius 2 is 1.69 bits per heavy atom. The summed E-state index contributed by atoms with van der Waals surface area (Å²) in [6, 6.07) is 6.60. The van der Waals surface area contributed by atoms with Crippen LogP contribution in [-0.4, -0.2) is 24.9 Å². The number of rotatable bonds is 8. The van der Waals surface area contributed by atoms with E-state index < -0.39 is 18.3 Å². The van der Waals surface area contributed by atoms with Gasteiger partial charge in [0.15, 0.2) is 0 Å². The highest BCUT2D eigenvalue weighted by molar-refractivity contribution is 7.26. The molecule has 32 heavy (non-hydrogen) atoms. The number of aryl methyl sites for hydroxylation is 2. The molecule has 0 saturated carbocycles. The molecule has 0 amide bonds. The number of carbonyl (C=O) groups is 2. The van der Waals surface area contributed by atoms with E-state index in [0.29, 0.717) is 38.1 Å². The van der Waals surface area contributed by atoms with Crippen LogP contribution in [0.25, 0.3) is 20.2 Å². The summed E-state index contributed by atoms with van der Waals surface area (Å²) in [7, 11) is 0. The summed E-state index contributed by atoms with van der Waals surface area (Å²) < 4.78 is 55.1. The predicted molar refractivity (Wildman–Crippen MR) is 116 cm³/mol. The molecular formula is C23H19F3O5S. The molecular weight excluding hydrogens is 445 g/mol. The number of thiophene rings is 1. The van der Waals surface area contributed by atoms with E-state index in [-0.39, 0.29) is 18.8 Å². The third kappa shape index (κ3) is 5.11. The first-order valence-corrected chi connectivity index (χ1v) is 10.3. The quantitative estimate of drug-likeness (QED) is 0.177. The second-order valence-corrected chi connectivity index (χ2v) is 7.77. The number of fused-ring (bicyclic) bond motifs is 3. The van der Waals surface area contributed by atoms with Gasteiger partial charge >= 0.3 is 18.3 Å². The Hall–Kier alpha value is -3.33. The number of halogens is 3. The molecule has 3 rings (SSSR count). The Morgan fingerprint density at radius 3 is 2.34 bits per heavy atom. The van der Waals surface area contributed by atoms with Gasteiger partial charge in [-0.15, -0.1) is 24.5 Å². The molecule has 0 radical (unpaired) electrons. The minimum Gasteiger partial charge on any atom is -0.463 e. The van der Waals surface area contributed by atoms with E-state index in [1.54, 1.807) is 31.2 Å². The maximum absolute atomic E-state index is 13.2. The van der Waals surface area contributed by atoms with Gasteiger partial charge < -0.3 is 14.2 Å². The first-order chi connectivity index (χ1) is 15.1. The molecule has 5 nitrogen and oxygen atoms in total. The monoisotopic (exact) mass is 464 g/mol. The van der Waals surface area contributed by atoms with Crippen molar-refractivity contribution in [2.24, 2.45) is 0 Å². The molecule has 0 N–H and O–H groups in total. The summed E-state index contributed by atoms with van der Waals surface area (Å²) in [4.78, 5) is 22.7. The Labute approximate surface area is 185 Å². The molecule has 2 aromatic carbocycles. The topological polar surface area (TPSA) is 61.8 Å². The van der Waals surface area contributed by atoms with Crippen molar-refractivity contribution < 1.29 is 37.0 Å². The lowest BCUT2D eigenvalue weighted by molar-refractivity contribution is -0.274. The normalized spacial score (nSPS) is 11.4. The molecule has 1 aromatic heterocycles. The molecule has 0 spiro atoms. The predicted octanol–water partition coefficient (Wildman–Crippen LogP) is 6.01. The molecule has 1 heterocycles. The van der Waals surface area contributed by atoms with Gasteiger partial charge in [0.2, 0.25) is 0 Å². The van der Waals surface area contributed by atoms with Crippen molar-refractivity contribution in [3.05, 3.63) is 60.7 Å². The molecule has 168 valence electrons. The summed E-state index contributed by atoms with van der Waals surface area (Å²) in [5, 5.41) is 1.31. The highest BCUT2D eigenvalue weighted by Crippen LogP contribution is 2.45. The second-order valence-electron chi connectivity index (χ2n) is 6.75. The fraction of sp³-hybridized carbons (Fsp3) is 0.217. The lowest BCUT2D eigenvalue weighted by atomic mass is 10.0. The number of benzene rings is 2. The van der Waals surface area contributed by atoms with Gasteiger partial charge in [0.05, 0.1) is 11.3 Å². The third-order valence-electron chi connectivity index (χ3n) is 4.64. The maximum Gasteiger partial charge on any atom is 0.573 e. The molecule has 0 fully saturated rings. The molecule has 3 aromatic rings. The fourth-order valence-corrected chi connectivity index (χ4v) is 4.51. The molecule has 0 aliphatic rings. The van der Waals surface area contributed by atoms with Crippen molar-refractivity contribution in [1.29, 1.82) is 0 Å². The highest BCUT2D eigenvalue weighted by atomic mass is 32.1. The zero-order valence-electron chi connectivity index (χ0n) is 17.1. The number of esters is 2. The van der Waals surface area contributed by atoms with Crippen molar-refractivity contribution in [3.8, 4) is 11.5 Å². The molecule has 0 unspecified atom stereocenters. The fourth-order valence-electron chi connectivity index (χ4n) is 3.22. The van der Waals surface area contributed by atoms with Crippen LogP contribution in [0.1, 0.15) is 17.5 Å². The summed E-state index contributed by atoms with van der Waals surface area (Å²) >= 11 is 1.13. The molecule has 9 heteroatoms. The van der Waals surface area contributed by atoms with E-state index in [1.807, 2.05) is 0 Å². The maximum atomic E-state index is 13.2. The Balaban J connectivity index is 2.06. The summed E-state index contributed by atoms with van der Waals surface area (Å²) in [5.74, 6) is -1.21. The van der Waals surface area contributed by atoms with Gasteiger partial charge in [0, 0.05) is 33.2 Å². The van der Waals surface area contributed by atoms with E-state index in [9.17, 15) is 22.8 Å². The van der Waals surface area contributed by atoms with E-state index in [0.717, 1.165) is 28.9 Å². The van der Waals surface area contributed by atoms with Crippen molar-refractivity contribution in [2.45, 2.75) is 26.1 Å². The minimum atomic E-state index is -4.88. The number of hydrogen-bond acceptors (Lipinski definition) is 6. The van der Waals surface area contributed by atoms with E-state index in [2.05, 4.69) is 17.9 Å². The number of alkyl halides is 3. The van der Waals surface area contributed by atoms with Crippen molar-refractivity contribution in [1.82, 2.24) is 0 Å². The Bertz CT molecular complexity index is 1210. The standard InChI is InChI=1S/C23H19F3O5S/c1-4-18(27)29-12-6-7-14-8-9-16-15-10-11-17(30-19(28)5-2)13(3)21(15)32-22(16)20(14)31-23(24,25)26/h4-5,8-11H,1-2,6-7,12H2,3H3. The highest BCUT2D eigenvalue weighted by Gasteiger charge is 2.33. The second kappa shape index (κ2) is 9.44. The van der Waals surface area contributed by atoms with Gasteiger partial charge in [-0.3, -0.25) is 0 Å². The van der Waals surface area contributed by atoms with Crippen LogP contribution in [0.2, 0.25) is 0 Å². The van der Waals surface area contributed by atoms with Gasteiger partial charge in [-0.05, 0) is 37.5 Å². The van der Waals surface area contributed by atoms with Crippen molar-refractivity contribution in [2.75, 3.05) is 6.61 Å². The lowest BCUT2D eigenvalue weighted by Gasteiger charge is -2.14. The van der Waals surface area contributed by atoms with Crippen LogP contribution >= 0.6 is 11.3 Å². The van der Waals surface area contributed by atoms with Crippen LogP contribution < -0.4 is 9.47 Å². The number of ether oxygens (including phenoxy) is 3. The van der Waals surface area contributed by atoms with Crippen LogP contribution in [0.4, 0.5) is 13.2 Å². The molecule has 0 aliphatic carbocycles. The zero-order valence-corrected chi connectivity index (χ0v) is 17.9. The molecule has 0 atom stereocenters. The molecule has 0 bridgehead atoms. The number of hydrogen-bond donors (Lipinski definition) is 0. The van der Waals surface area contributed by atoms with Crippen molar-refractivity contribution in [3.63, 3.8) is 0 Å². The molecule has 0 saturated heterocycles. The zero-order chi connectivity index (χ0) is 23.5. The summed E-state index contributed by atoms with van der Waals surface area (Å²) in [5.41, 5.74) is 0.960. The average molecular weight is 464 g/mol. The van der Waals surface area contributed by atoms with Gasteiger partial charge in [0.25, 0.3) is 0 Å². The average Bonchev–Trinajstić information content (AvgIpc) is 3.13. The van der Waals surface area contributed by atoms with Gasteiger partial charge in [0.1, 0.15) is 11.5 Å². The first-order valence-electron chi connectivity index (χ1n) is 9.51. The molecule has 0 aliphatic heterocycles. The van der Waals surface area contributed by atoms with Crippen LogP contribution in [0.3, 0.4) is 0 Å². The SMILES string of the molecule is C=CC(=O)OCCCc1ccc2c(sc3c(C)c(OC(=O)C=C)ccc32)c1OC(F)(F)F. The third-order valence-corrected chi connectivity index (χ3v) is 5.98. The Morgan fingerprint density at radius 1 is 1.03 bits per heavy atom. The van der Waals surface area contributed by atoms with Gasteiger partial charge in [-0.1, -0.05) is 25.3 Å². The van der Waals surface area contributed by atoms with E-state index >= 15 is 0 Å². The number of carbonyl (C=O) groups excluding carboxylic acids is 2. The first kappa shape index (κ1) is 23.3. The van der Waals surface area contributed by atoms with Gasteiger partial charge in [-0.25, -0.2) is 9.59 Å². The smallest absolute Gasteiger partial charge is 0.463 e. The minimum absolute atomic E-state index is 0.0396. The van der Waals surface area contributed by atoms with Crippen LogP contribution in [0, 0.1) is 6.92 Å². The van der Waals surface area contributed by atoms with E-state index in [1.165, 1.54) is 0 Å². The largest absolute Gasteiger partial charge is 0.573 e. The Kier molecular flexibility index (Phi) is 6.88. The van der Waals surface area contributed by atoms with Crippen LogP contribution in [0.15, 0.2) is 49.6 Å². The van der Waals surface area contributed by atoms with Crippen LogP contribution in [-0.2, 0) is 20.7 Å². The van der Waals surface area contributed by atoms with E-state index in [4.69, 9.17) is 9.47 Å². The lowest BCUT2D eigenvalue weighted by Crippen LogP contribution is -2.18. The van der Waals surface area contributed by atoms with Crippen molar-refractivity contribution >= 4 is 43.4 Å². The summed E-state index contributed by atoms with van der Waals surface area (Å²) in [6.45, 7) is 8.41.